The van der Waals surface area contributed by atoms with Crippen LogP contribution < -0.4 is 21.5 Å². The molecule has 120 valence electrons. The van der Waals surface area contributed by atoms with Crippen molar-refractivity contribution in [2.24, 2.45) is 5.73 Å². The van der Waals surface area contributed by atoms with E-state index in [2.05, 4.69) is 5.32 Å². The van der Waals surface area contributed by atoms with Crippen molar-refractivity contribution in [2.75, 3.05) is 24.6 Å². The maximum Gasteiger partial charge on any atom is 0.314 e. The van der Waals surface area contributed by atoms with Crippen LogP contribution in [0.5, 0.6) is 5.75 Å². The lowest BCUT2D eigenvalue weighted by Crippen LogP contribution is -2.46. The molecule has 5 N–H and O–H groups in total. The van der Waals surface area contributed by atoms with E-state index in [0.29, 0.717) is 12.2 Å². The van der Waals surface area contributed by atoms with Crippen LogP contribution in [0.4, 0.5) is 16.2 Å². The van der Waals surface area contributed by atoms with Gasteiger partial charge in [0.1, 0.15) is 11.9 Å². The Morgan fingerprint density at radius 1 is 1.26 bits per heavy atom. The lowest BCUT2D eigenvalue weighted by molar-refractivity contribution is 0.151. The standard InChI is InChI=1S/C17H20N4O2/c1-21(17(19)22)10-14-16(11-5-3-2-4-6-11)23-15-8-7-12(18)9-13(15)20-14/h2-9,14,16,20H,10,18H2,1H3,(H2,19,22). The monoisotopic (exact) mass is 312 g/mol. The predicted octanol–water partition coefficient (Wildman–Crippen LogP) is 2.19. The molecule has 0 aliphatic carbocycles. The number of ether oxygens (including phenoxy) is 1. The fourth-order valence-corrected chi connectivity index (χ4v) is 2.73. The van der Waals surface area contributed by atoms with Crippen LogP contribution in [0.2, 0.25) is 0 Å². The molecule has 2 unspecified atom stereocenters. The predicted molar refractivity (Wildman–Crippen MR) is 90.3 cm³/mol. The van der Waals surface area contributed by atoms with Crippen LogP contribution in [-0.4, -0.2) is 30.6 Å². The van der Waals surface area contributed by atoms with E-state index in [-0.39, 0.29) is 12.1 Å². The largest absolute Gasteiger partial charge is 0.481 e. The molecule has 2 atom stereocenters. The smallest absolute Gasteiger partial charge is 0.314 e. The first-order valence-electron chi connectivity index (χ1n) is 7.43. The van der Waals surface area contributed by atoms with Gasteiger partial charge in [-0.1, -0.05) is 30.3 Å². The summed E-state index contributed by atoms with van der Waals surface area (Å²) in [4.78, 5) is 12.8. The molecule has 1 heterocycles. The molecule has 0 saturated carbocycles. The number of fused-ring (bicyclic) bond motifs is 1. The summed E-state index contributed by atoms with van der Waals surface area (Å²) in [5.41, 5.74) is 13.7. The van der Waals surface area contributed by atoms with Gasteiger partial charge < -0.3 is 26.4 Å². The minimum Gasteiger partial charge on any atom is -0.481 e. The highest BCUT2D eigenvalue weighted by molar-refractivity contribution is 5.72. The summed E-state index contributed by atoms with van der Waals surface area (Å²) in [5.74, 6) is 0.742. The van der Waals surface area contributed by atoms with Crippen molar-refractivity contribution in [2.45, 2.75) is 12.1 Å². The van der Waals surface area contributed by atoms with Crippen LogP contribution in [0, 0.1) is 0 Å². The lowest BCUT2D eigenvalue weighted by Gasteiger charge is -2.37. The number of nitrogens with two attached hydrogens (primary N) is 2. The molecule has 6 nitrogen and oxygen atoms in total. The lowest BCUT2D eigenvalue weighted by atomic mass is 9.99. The summed E-state index contributed by atoms with van der Waals surface area (Å²) in [7, 11) is 1.67. The van der Waals surface area contributed by atoms with Gasteiger partial charge in [-0.05, 0) is 23.8 Å². The maximum atomic E-state index is 11.4. The molecule has 0 aromatic heterocycles. The summed E-state index contributed by atoms with van der Waals surface area (Å²) in [6.07, 6.45) is -0.228. The van der Waals surface area contributed by atoms with E-state index in [1.807, 2.05) is 42.5 Å². The normalized spacial score (nSPS) is 19.2. The zero-order valence-electron chi connectivity index (χ0n) is 12.9. The Labute approximate surface area is 135 Å². The van der Waals surface area contributed by atoms with Crippen LogP contribution in [0.15, 0.2) is 48.5 Å². The van der Waals surface area contributed by atoms with Crippen molar-refractivity contribution in [1.29, 1.82) is 0 Å². The molecule has 2 amide bonds. The molecule has 0 radical (unpaired) electrons. The molecule has 0 bridgehead atoms. The van der Waals surface area contributed by atoms with E-state index in [1.165, 1.54) is 4.90 Å². The number of primary amides is 1. The summed E-state index contributed by atoms with van der Waals surface area (Å²) in [5, 5.41) is 3.42. The van der Waals surface area contributed by atoms with Crippen LogP contribution in [0.25, 0.3) is 0 Å². The molecule has 2 aromatic rings. The summed E-state index contributed by atoms with van der Waals surface area (Å²) < 4.78 is 6.17. The van der Waals surface area contributed by atoms with Crippen molar-refractivity contribution in [3.63, 3.8) is 0 Å². The minimum atomic E-state index is -0.475. The third kappa shape index (κ3) is 3.15. The average Bonchev–Trinajstić information content (AvgIpc) is 2.54. The first kappa shape index (κ1) is 15.0. The number of nitrogens with one attached hydrogen (secondary N) is 1. The van der Waals surface area contributed by atoms with Crippen molar-refractivity contribution >= 4 is 17.4 Å². The van der Waals surface area contributed by atoms with Crippen molar-refractivity contribution in [3.8, 4) is 5.75 Å². The number of carbonyl (C=O) groups is 1. The number of carbonyl (C=O) groups excluding carboxylic acids is 1. The van der Waals surface area contributed by atoms with Crippen molar-refractivity contribution in [3.05, 3.63) is 54.1 Å². The molecular weight excluding hydrogens is 292 g/mol. The Morgan fingerprint density at radius 2 is 2.00 bits per heavy atom. The first-order valence-corrected chi connectivity index (χ1v) is 7.43. The van der Waals surface area contributed by atoms with E-state index in [4.69, 9.17) is 16.2 Å². The number of amides is 2. The van der Waals surface area contributed by atoms with Gasteiger partial charge in [-0.2, -0.15) is 0 Å². The molecule has 0 saturated heterocycles. The Morgan fingerprint density at radius 3 is 2.70 bits per heavy atom. The van der Waals surface area contributed by atoms with Gasteiger partial charge in [0.05, 0.1) is 11.7 Å². The molecule has 2 aromatic carbocycles. The van der Waals surface area contributed by atoms with Gasteiger partial charge in [-0.3, -0.25) is 0 Å². The molecule has 0 fully saturated rings. The highest BCUT2D eigenvalue weighted by Crippen LogP contribution is 2.38. The summed E-state index contributed by atoms with van der Waals surface area (Å²) >= 11 is 0. The Hall–Kier alpha value is -2.89. The van der Waals surface area contributed by atoms with Gasteiger partial charge in [-0.15, -0.1) is 0 Å². The number of rotatable bonds is 3. The third-order valence-electron chi connectivity index (χ3n) is 3.94. The fraction of sp³-hybridized carbons (Fsp3) is 0.235. The molecular formula is C17H20N4O2. The van der Waals surface area contributed by atoms with Gasteiger partial charge in [-0.25, -0.2) is 4.79 Å². The Bertz CT molecular complexity index is 705. The SMILES string of the molecule is CN(CC1Nc2cc(N)ccc2OC1c1ccccc1)C(N)=O. The average molecular weight is 312 g/mol. The van der Waals surface area contributed by atoms with E-state index < -0.39 is 6.03 Å². The molecule has 0 spiro atoms. The summed E-state index contributed by atoms with van der Waals surface area (Å²) in [6, 6.07) is 14.8. The van der Waals surface area contributed by atoms with Crippen molar-refractivity contribution < 1.29 is 9.53 Å². The number of nitrogen functional groups attached to an aromatic ring is 1. The second kappa shape index (κ2) is 6.08. The number of likely N-dealkylation sites (N-methyl/N-ethyl adjacent to an activating group) is 1. The highest BCUT2D eigenvalue weighted by Gasteiger charge is 2.32. The zero-order chi connectivity index (χ0) is 16.4. The van der Waals surface area contributed by atoms with E-state index in [1.54, 1.807) is 13.1 Å². The molecule has 1 aliphatic rings. The Kier molecular flexibility index (Phi) is 3.97. The maximum absolute atomic E-state index is 11.4. The summed E-state index contributed by atoms with van der Waals surface area (Å²) in [6.45, 7) is 0.420. The van der Waals surface area contributed by atoms with Crippen molar-refractivity contribution in [1.82, 2.24) is 4.90 Å². The topological polar surface area (TPSA) is 93.6 Å². The number of benzene rings is 2. The molecule has 1 aliphatic heterocycles. The van der Waals surface area contributed by atoms with Crippen LogP contribution in [0.3, 0.4) is 0 Å². The zero-order valence-corrected chi connectivity index (χ0v) is 12.9. The highest BCUT2D eigenvalue weighted by atomic mass is 16.5. The number of hydrogen-bond donors (Lipinski definition) is 3. The van der Waals surface area contributed by atoms with Crippen LogP contribution in [-0.2, 0) is 0 Å². The minimum absolute atomic E-state index is 0.135. The van der Waals surface area contributed by atoms with E-state index in [0.717, 1.165) is 17.0 Å². The number of anilines is 2. The van der Waals surface area contributed by atoms with Gasteiger partial charge in [0, 0.05) is 19.3 Å². The second-order valence-electron chi connectivity index (χ2n) is 5.67. The van der Waals surface area contributed by atoms with E-state index >= 15 is 0 Å². The first-order chi connectivity index (χ1) is 11.0. The van der Waals surface area contributed by atoms with E-state index in [9.17, 15) is 4.79 Å². The number of hydrogen-bond acceptors (Lipinski definition) is 4. The quantitative estimate of drug-likeness (QED) is 0.757. The molecule has 6 heteroatoms. The second-order valence-corrected chi connectivity index (χ2v) is 5.67. The number of nitrogens with zero attached hydrogens (tertiary/aromatic N) is 1. The van der Waals surface area contributed by atoms with Gasteiger partial charge in [0.15, 0.2) is 0 Å². The van der Waals surface area contributed by atoms with Crippen LogP contribution in [0.1, 0.15) is 11.7 Å². The number of urea groups is 1. The van der Waals surface area contributed by atoms with Gasteiger partial charge in [0.25, 0.3) is 0 Å². The van der Waals surface area contributed by atoms with Crippen LogP contribution >= 0.6 is 0 Å². The van der Waals surface area contributed by atoms with Gasteiger partial charge >= 0.3 is 6.03 Å². The molecule has 3 rings (SSSR count). The third-order valence-corrected chi connectivity index (χ3v) is 3.94. The Balaban J connectivity index is 1.93. The van der Waals surface area contributed by atoms with Gasteiger partial charge in [0.2, 0.25) is 0 Å². The molecule has 23 heavy (non-hydrogen) atoms. The fourth-order valence-electron chi connectivity index (χ4n) is 2.73.